The topological polar surface area (TPSA) is 90.7 Å². The van der Waals surface area contributed by atoms with Gasteiger partial charge in [0.15, 0.2) is 0 Å². The monoisotopic (exact) mass is 272 g/mol. The zero-order chi connectivity index (χ0) is 13.2. The van der Waals surface area contributed by atoms with Crippen molar-refractivity contribution in [3.8, 4) is 5.75 Å². The fraction of sp³-hybridized carbons (Fsp3) is 0.455. The molecule has 1 aliphatic heterocycles. The van der Waals surface area contributed by atoms with E-state index < -0.39 is 10.0 Å². The molecule has 7 heteroatoms. The van der Waals surface area contributed by atoms with E-state index in [1.54, 1.807) is 6.07 Å². The Kier molecular flexibility index (Phi) is 3.74. The minimum Gasteiger partial charge on any atom is -0.497 e. The molecule has 1 aromatic carbocycles. The maximum Gasteiger partial charge on any atom is 0.242 e. The number of sulfonamides is 1. The van der Waals surface area contributed by atoms with Crippen LogP contribution in [0.15, 0.2) is 23.1 Å². The summed E-state index contributed by atoms with van der Waals surface area (Å²) in [5.74, 6) is 0.524. The SMILES string of the molecule is COc1ccc(S(=O)(=O)NC2CCOC2)c(N)c1. The first kappa shape index (κ1) is 13.1. The normalized spacial score (nSPS) is 19.9. The van der Waals surface area contributed by atoms with Gasteiger partial charge in [0.1, 0.15) is 10.6 Å². The first-order valence-corrected chi connectivity index (χ1v) is 7.05. The van der Waals surface area contributed by atoms with E-state index in [9.17, 15) is 8.42 Å². The van der Waals surface area contributed by atoms with Crippen molar-refractivity contribution in [3.63, 3.8) is 0 Å². The van der Waals surface area contributed by atoms with E-state index in [1.807, 2.05) is 0 Å². The lowest BCUT2D eigenvalue weighted by molar-refractivity contribution is 0.192. The number of nitrogen functional groups attached to an aromatic ring is 1. The molecule has 0 bridgehead atoms. The molecule has 18 heavy (non-hydrogen) atoms. The molecule has 1 aromatic rings. The van der Waals surface area contributed by atoms with Gasteiger partial charge in [0.2, 0.25) is 10.0 Å². The smallest absolute Gasteiger partial charge is 0.242 e. The second kappa shape index (κ2) is 5.13. The largest absolute Gasteiger partial charge is 0.497 e. The number of benzene rings is 1. The molecule has 1 fully saturated rings. The number of anilines is 1. The summed E-state index contributed by atoms with van der Waals surface area (Å²) in [6, 6.07) is 4.30. The molecule has 2 rings (SSSR count). The zero-order valence-corrected chi connectivity index (χ0v) is 10.9. The number of rotatable bonds is 4. The zero-order valence-electron chi connectivity index (χ0n) is 10.0. The second-order valence-corrected chi connectivity index (χ2v) is 5.77. The number of nitrogens with two attached hydrogens (primary N) is 1. The highest BCUT2D eigenvalue weighted by Gasteiger charge is 2.25. The summed E-state index contributed by atoms with van der Waals surface area (Å²) in [5.41, 5.74) is 5.89. The van der Waals surface area contributed by atoms with Gasteiger partial charge in [-0.3, -0.25) is 0 Å². The van der Waals surface area contributed by atoms with Crippen LogP contribution < -0.4 is 15.2 Å². The Hall–Kier alpha value is -1.31. The fourth-order valence-corrected chi connectivity index (χ4v) is 3.18. The lowest BCUT2D eigenvalue weighted by atomic mass is 10.3. The van der Waals surface area contributed by atoms with Crippen molar-refractivity contribution in [2.75, 3.05) is 26.1 Å². The van der Waals surface area contributed by atoms with Crippen molar-refractivity contribution in [1.82, 2.24) is 4.72 Å². The molecular formula is C11H16N2O4S. The standard InChI is InChI=1S/C11H16N2O4S/c1-16-9-2-3-11(10(12)6-9)18(14,15)13-8-4-5-17-7-8/h2-3,6,8,13H,4-5,7,12H2,1H3. The van der Waals surface area contributed by atoms with Gasteiger partial charge in [0, 0.05) is 18.7 Å². The van der Waals surface area contributed by atoms with Crippen molar-refractivity contribution in [3.05, 3.63) is 18.2 Å². The molecule has 0 spiro atoms. The van der Waals surface area contributed by atoms with Crippen LogP contribution in [-0.4, -0.2) is 34.8 Å². The third kappa shape index (κ3) is 2.74. The molecular weight excluding hydrogens is 256 g/mol. The Morgan fingerprint density at radius 2 is 2.28 bits per heavy atom. The van der Waals surface area contributed by atoms with Crippen molar-refractivity contribution in [2.45, 2.75) is 17.4 Å². The van der Waals surface area contributed by atoms with Gasteiger partial charge in [-0.15, -0.1) is 0 Å². The van der Waals surface area contributed by atoms with Crippen LogP contribution in [0, 0.1) is 0 Å². The average molecular weight is 272 g/mol. The molecule has 0 aromatic heterocycles. The van der Waals surface area contributed by atoms with E-state index in [0.29, 0.717) is 25.4 Å². The highest BCUT2D eigenvalue weighted by atomic mass is 32.2. The second-order valence-electron chi connectivity index (χ2n) is 4.09. The van der Waals surface area contributed by atoms with E-state index in [2.05, 4.69) is 4.72 Å². The van der Waals surface area contributed by atoms with Gasteiger partial charge in [-0.1, -0.05) is 0 Å². The van der Waals surface area contributed by atoms with Crippen LogP contribution in [0.1, 0.15) is 6.42 Å². The molecule has 100 valence electrons. The molecule has 1 atom stereocenters. The maximum atomic E-state index is 12.1. The molecule has 0 amide bonds. The molecule has 6 nitrogen and oxygen atoms in total. The van der Waals surface area contributed by atoms with Crippen LogP contribution in [0.5, 0.6) is 5.75 Å². The molecule has 1 saturated heterocycles. The van der Waals surface area contributed by atoms with Crippen LogP contribution in [0.3, 0.4) is 0 Å². The number of nitrogens with one attached hydrogen (secondary N) is 1. The quantitative estimate of drug-likeness (QED) is 0.772. The molecule has 1 aliphatic rings. The average Bonchev–Trinajstić information content (AvgIpc) is 2.80. The molecule has 0 saturated carbocycles. The summed E-state index contributed by atoms with van der Waals surface area (Å²) in [5, 5.41) is 0. The lowest BCUT2D eigenvalue weighted by Gasteiger charge is -2.13. The number of ether oxygens (including phenoxy) is 2. The summed E-state index contributed by atoms with van der Waals surface area (Å²) >= 11 is 0. The van der Waals surface area contributed by atoms with Crippen molar-refractivity contribution >= 4 is 15.7 Å². The van der Waals surface area contributed by atoms with E-state index in [0.717, 1.165) is 0 Å². The number of hydrogen-bond donors (Lipinski definition) is 2. The van der Waals surface area contributed by atoms with Crippen LogP contribution >= 0.6 is 0 Å². The molecule has 3 N–H and O–H groups in total. The van der Waals surface area contributed by atoms with Gasteiger partial charge < -0.3 is 15.2 Å². The lowest BCUT2D eigenvalue weighted by Crippen LogP contribution is -2.35. The third-order valence-electron chi connectivity index (χ3n) is 2.76. The Labute approximate surface area is 106 Å². The summed E-state index contributed by atoms with van der Waals surface area (Å²) in [6.45, 7) is 0.973. The highest BCUT2D eigenvalue weighted by molar-refractivity contribution is 7.89. The number of hydrogen-bond acceptors (Lipinski definition) is 5. The summed E-state index contributed by atoms with van der Waals surface area (Å²) in [4.78, 5) is 0.0650. The van der Waals surface area contributed by atoms with Crippen LogP contribution in [0.2, 0.25) is 0 Å². The maximum absolute atomic E-state index is 12.1. The Bertz CT molecular complexity index is 524. The van der Waals surface area contributed by atoms with Gasteiger partial charge in [-0.2, -0.15) is 0 Å². The first-order chi connectivity index (χ1) is 8.53. The van der Waals surface area contributed by atoms with Crippen molar-refractivity contribution in [1.29, 1.82) is 0 Å². The minimum absolute atomic E-state index is 0.0650. The van der Waals surface area contributed by atoms with Gasteiger partial charge in [-0.05, 0) is 18.6 Å². The van der Waals surface area contributed by atoms with E-state index >= 15 is 0 Å². The van der Waals surface area contributed by atoms with Crippen molar-refractivity contribution < 1.29 is 17.9 Å². The fourth-order valence-electron chi connectivity index (χ4n) is 1.81. The van der Waals surface area contributed by atoms with Crippen molar-refractivity contribution in [2.24, 2.45) is 0 Å². The number of methoxy groups -OCH3 is 1. The van der Waals surface area contributed by atoms with Gasteiger partial charge in [-0.25, -0.2) is 13.1 Å². The van der Waals surface area contributed by atoms with Crippen LogP contribution in [0.25, 0.3) is 0 Å². The van der Waals surface area contributed by atoms with Gasteiger partial charge in [0.05, 0.1) is 19.4 Å². The van der Waals surface area contributed by atoms with E-state index in [4.69, 9.17) is 15.2 Å². The summed E-state index contributed by atoms with van der Waals surface area (Å²) in [7, 11) is -2.11. The predicted molar refractivity (Wildman–Crippen MR) is 67.0 cm³/mol. The van der Waals surface area contributed by atoms with E-state index in [-0.39, 0.29) is 16.6 Å². The Morgan fingerprint density at radius 1 is 1.50 bits per heavy atom. The summed E-state index contributed by atoms with van der Waals surface area (Å²) < 4.78 is 36.9. The Morgan fingerprint density at radius 3 is 2.83 bits per heavy atom. The van der Waals surface area contributed by atoms with Gasteiger partial charge >= 0.3 is 0 Å². The minimum atomic E-state index is -3.61. The third-order valence-corrected chi connectivity index (χ3v) is 4.35. The first-order valence-electron chi connectivity index (χ1n) is 5.56. The molecule has 0 radical (unpaired) electrons. The van der Waals surface area contributed by atoms with Crippen LogP contribution in [-0.2, 0) is 14.8 Å². The predicted octanol–water partition coefficient (Wildman–Crippen LogP) is 0.345. The highest BCUT2D eigenvalue weighted by Crippen LogP contribution is 2.24. The van der Waals surface area contributed by atoms with E-state index in [1.165, 1.54) is 19.2 Å². The molecule has 0 aliphatic carbocycles. The molecule has 1 heterocycles. The molecule has 1 unspecified atom stereocenters. The van der Waals surface area contributed by atoms with Gasteiger partial charge in [0.25, 0.3) is 0 Å². The summed E-state index contributed by atoms with van der Waals surface area (Å²) in [6.07, 6.45) is 0.676. The van der Waals surface area contributed by atoms with Crippen LogP contribution in [0.4, 0.5) is 5.69 Å². The Balaban J connectivity index is 2.23.